The Kier molecular flexibility index (Phi) is 6.17. The second kappa shape index (κ2) is 8.17. The minimum atomic E-state index is -1.07. The fourth-order valence-electron chi connectivity index (χ4n) is 2.48. The molecule has 1 heterocycles. The van der Waals surface area contributed by atoms with Gasteiger partial charge < -0.3 is 10.1 Å². The van der Waals surface area contributed by atoms with E-state index in [4.69, 9.17) is 16.3 Å². The zero-order valence-corrected chi connectivity index (χ0v) is 16.0. The molecular weight excluding hydrogens is 376 g/mol. The Labute approximate surface area is 160 Å². The first kappa shape index (κ1) is 20.4. The van der Waals surface area contributed by atoms with Gasteiger partial charge in [0.05, 0.1) is 4.92 Å². The van der Waals surface area contributed by atoms with Gasteiger partial charge in [-0.2, -0.15) is 5.10 Å². The number of nitrogens with zero attached hydrogens (tertiary/aromatic N) is 3. The molecule has 0 bridgehead atoms. The highest BCUT2D eigenvalue weighted by Crippen LogP contribution is 2.22. The summed E-state index contributed by atoms with van der Waals surface area (Å²) in [5, 5.41) is 18.1. The highest BCUT2D eigenvalue weighted by molar-refractivity contribution is 6.31. The molecule has 0 aliphatic heterocycles. The number of hydrogen-bond donors (Lipinski definition) is 1. The zero-order valence-electron chi connectivity index (χ0n) is 15.3. The largest absolute Gasteiger partial charge is 0.451 e. The van der Waals surface area contributed by atoms with Crippen LogP contribution in [0.25, 0.3) is 0 Å². The van der Waals surface area contributed by atoms with Crippen LogP contribution in [0.1, 0.15) is 23.9 Å². The van der Waals surface area contributed by atoms with Gasteiger partial charge in [0, 0.05) is 10.7 Å². The van der Waals surface area contributed by atoms with Gasteiger partial charge in [-0.1, -0.05) is 17.7 Å². The lowest BCUT2D eigenvalue weighted by molar-refractivity contribution is -0.386. The van der Waals surface area contributed by atoms with E-state index in [0.717, 1.165) is 5.56 Å². The van der Waals surface area contributed by atoms with E-state index in [2.05, 4.69) is 10.4 Å². The molecular formula is C17H19ClN4O5. The molecule has 0 spiro atoms. The average molecular weight is 395 g/mol. The van der Waals surface area contributed by atoms with Crippen LogP contribution in [-0.4, -0.2) is 32.7 Å². The summed E-state index contributed by atoms with van der Waals surface area (Å²) in [6.45, 7) is 5.86. The highest BCUT2D eigenvalue weighted by atomic mass is 35.5. The molecule has 9 nitrogen and oxygen atoms in total. The van der Waals surface area contributed by atoms with Gasteiger partial charge in [-0.25, -0.2) is 0 Å². The summed E-state index contributed by atoms with van der Waals surface area (Å²) in [6, 6.07) is 5.05. The summed E-state index contributed by atoms with van der Waals surface area (Å²) in [6.07, 6.45) is -1.07. The van der Waals surface area contributed by atoms with Gasteiger partial charge >= 0.3 is 11.7 Å². The predicted molar refractivity (Wildman–Crippen MR) is 98.7 cm³/mol. The number of amides is 1. The van der Waals surface area contributed by atoms with E-state index < -0.39 is 22.9 Å². The van der Waals surface area contributed by atoms with Crippen molar-refractivity contribution in [3.8, 4) is 0 Å². The zero-order chi connectivity index (χ0) is 20.3. The van der Waals surface area contributed by atoms with Crippen molar-refractivity contribution >= 4 is 34.9 Å². The van der Waals surface area contributed by atoms with Gasteiger partial charge in [0.15, 0.2) is 6.10 Å². The highest BCUT2D eigenvalue weighted by Gasteiger charge is 2.24. The molecule has 1 aromatic carbocycles. The Balaban J connectivity index is 2.01. The van der Waals surface area contributed by atoms with Crippen molar-refractivity contribution in [1.29, 1.82) is 0 Å². The third-order valence-electron chi connectivity index (χ3n) is 3.94. The smallest absolute Gasteiger partial charge is 0.328 e. The van der Waals surface area contributed by atoms with Gasteiger partial charge in [-0.05, 0) is 45.4 Å². The van der Waals surface area contributed by atoms with Gasteiger partial charge in [0.25, 0.3) is 5.91 Å². The van der Waals surface area contributed by atoms with E-state index >= 15 is 0 Å². The van der Waals surface area contributed by atoms with Crippen LogP contribution in [-0.2, 0) is 20.9 Å². The molecule has 1 amide bonds. The first-order chi connectivity index (χ1) is 12.6. The SMILES string of the molecule is Cc1ccc(Cl)cc1NC(=O)[C@@H](C)OC(=O)Cn1nc(C)c([N+](=O)[O-])c1C. The minimum Gasteiger partial charge on any atom is -0.451 e. The third kappa shape index (κ3) is 4.82. The van der Waals surface area contributed by atoms with Crippen molar-refractivity contribution in [1.82, 2.24) is 9.78 Å². The third-order valence-corrected chi connectivity index (χ3v) is 4.17. The molecule has 1 aromatic heterocycles. The Morgan fingerprint density at radius 2 is 2.04 bits per heavy atom. The van der Waals surface area contributed by atoms with Gasteiger partial charge in [0.2, 0.25) is 0 Å². The lowest BCUT2D eigenvalue weighted by atomic mass is 10.2. The molecule has 1 atom stereocenters. The number of rotatable bonds is 6. The Bertz CT molecular complexity index is 909. The number of anilines is 1. The predicted octanol–water partition coefficient (Wildman–Crippen LogP) is 2.94. The van der Waals surface area contributed by atoms with Gasteiger partial charge in [-0.3, -0.25) is 24.4 Å². The van der Waals surface area contributed by atoms with Crippen molar-refractivity contribution in [3.05, 3.63) is 50.3 Å². The number of hydrogen-bond acceptors (Lipinski definition) is 6. The Morgan fingerprint density at radius 1 is 1.37 bits per heavy atom. The summed E-state index contributed by atoms with van der Waals surface area (Å²) >= 11 is 5.91. The van der Waals surface area contributed by atoms with Crippen LogP contribution in [0.4, 0.5) is 11.4 Å². The summed E-state index contributed by atoms with van der Waals surface area (Å²) in [5.74, 6) is -1.26. The van der Waals surface area contributed by atoms with Crippen LogP contribution < -0.4 is 5.32 Å². The molecule has 0 fully saturated rings. The standard InChI is InChI=1S/C17H19ClN4O5/c1-9-5-6-13(18)7-14(9)19-17(24)12(4)27-15(23)8-21-11(3)16(22(25)26)10(2)20-21/h5-7,12H,8H2,1-4H3,(H,19,24)/t12-/m1/s1. The van der Waals surface area contributed by atoms with Crippen molar-refractivity contribution < 1.29 is 19.2 Å². The molecule has 0 radical (unpaired) electrons. The second-order valence-corrected chi connectivity index (χ2v) is 6.45. The van der Waals surface area contributed by atoms with Crippen LogP contribution in [0.3, 0.4) is 0 Å². The fourth-order valence-corrected chi connectivity index (χ4v) is 2.65. The number of ether oxygens (including phenoxy) is 1. The molecule has 2 aromatic rings. The van der Waals surface area contributed by atoms with Gasteiger partial charge in [-0.15, -0.1) is 0 Å². The number of esters is 1. The van der Waals surface area contributed by atoms with E-state index in [1.54, 1.807) is 25.1 Å². The van der Waals surface area contributed by atoms with E-state index in [-0.39, 0.29) is 23.6 Å². The lowest BCUT2D eigenvalue weighted by Gasteiger charge is -2.15. The van der Waals surface area contributed by atoms with Crippen LogP contribution in [0.2, 0.25) is 5.02 Å². The molecule has 0 saturated carbocycles. The quantitative estimate of drug-likeness (QED) is 0.457. The molecule has 0 unspecified atom stereocenters. The van der Waals surface area contributed by atoms with Crippen LogP contribution >= 0.6 is 11.6 Å². The van der Waals surface area contributed by atoms with E-state index in [9.17, 15) is 19.7 Å². The normalized spacial score (nSPS) is 11.7. The van der Waals surface area contributed by atoms with Crippen LogP contribution in [0, 0.1) is 30.9 Å². The van der Waals surface area contributed by atoms with Crippen molar-refractivity contribution in [2.24, 2.45) is 0 Å². The number of carbonyl (C=O) groups is 2. The number of halogens is 1. The monoisotopic (exact) mass is 394 g/mol. The summed E-state index contributed by atoms with van der Waals surface area (Å²) in [4.78, 5) is 34.8. The number of benzene rings is 1. The maximum atomic E-state index is 12.2. The Morgan fingerprint density at radius 3 is 2.63 bits per heavy atom. The van der Waals surface area contributed by atoms with Gasteiger partial charge in [0.1, 0.15) is 17.9 Å². The lowest BCUT2D eigenvalue weighted by Crippen LogP contribution is -2.31. The first-order valence-corrected chi connectivity index (χ1v) is 8.42. The molecule has 0 aliphatic rings. The number of carbonyl (C=O) groups excluding carboxylic acids is 2. The molecule has 27 heavy (non-hydrogen) atoms. The fraction of sp³-hybridized carbons (Fsp3) is 0.353. The number of nitrogens with one attached hydrogen (secondary N) is 1. The molecule has 0 aliphatic carbocycles. The molecule has 10 heteroatoms. The molecule has 144 valence electrons. The van der Waals surface area contributed by atoms with Crippen LogP contribution in [0.15, 0.2) is 18.2 Å². The van der Waals surface area contributed by atoms with Crippen molar-refractivity contribution in [3.63, 3.8) is 0 Å². The topological polar surface area (TPSA) is 116 Å². The van der Waals surface area contributed by atoms with Crippen molar-refractivity contribution in [2.75, 3.05) is 5.32 Å². The molecule has 1 N–H and O–H groups in total. The van der Waals surface area contributed by atoms with Crippen molar-refractivity contribution in [2.45, 2.75) is 40.3 Å². The molecule has 0 saturated heterocycles. The Hall–Kier alpha value is -2.94. The van der Waals surface area contributed by atoms with E-state index in [1.807, 2.05) is 0 Å². The van der Waals surface area contributed by atoms with Crippen LogP contribution in [0.5, 0.6) is 0 Å². The number of aromatic nitrogens is 2. The maximum Gasteiger partial charge on any atom is 0.328 e. The number of nitro groups is 1. The number of aryl methyl sites for hydroxylation is 2. The molecule has 2 rings (SSSR count). The minimum absolute atomic E-state index is 0.148. The summed E-state index contributed by atoms with van der Waals surface area (Å²) in [7, 11) is 0. The van der Waals surface area contributed by atoms with E-state index in [1.165, 1.54) is 25.5 Å². The first-order valence-electron chi connectivity index (χ1n) is 8.05. The second-order valence-electron chi connectivity index (χ2n) is 6.01. The summed E-state index contributed by atoms with van der Waals surface area (Å²) < 4.78 is 6.29. The van der Waals surface area contributed by atoms with E-state index in [0.29, 0.717) is 10.7 Å². The maximum absolute atomic E-state index is 12.2. The average Bonchev–Trinajstić information content (AvgIpc) is 2.84. The summed E-state index contributed by atoms with van der Waals surface area (Å²) in [5.41, 5.74) is 1.62.